The standard InChI is InChI=1S/C26H25N3O2/c1-3-19(20-9-5-4-6-10-20)17-27-25(30)21-13-15-22(16-14-21)29-18(2)28-24-12-8-7-11-23(24)26(29)31/h4-16,19H,3,17H2,1-2H3,(H,27,30)/t19-/m0/s1. The van der Waals surface area contributed by atoms with Crippen LogP contribution in [0.25, 0.3) is 16.6 Å². The number of nitrogens with one attached hydrogen (secondary N) is 1. The van der Waals surface area contributed by atoms with Crippen LogP contribution < -0.4 is 10.9 Å². The lowest BCUT2D eigenvalue weighted by Gasteiger charge is -2.16. The molecule has 0 radical (unpaired) electrons. The summed E-state index contributed by atoms with van der Waals surface area (Å²) >= 11 is 0. The minimum absolute atomic E-state index is 0.117. The summed E-state index contributed by atoms with van der Waals surface area (Å²) in [7, 11) is 0. The Morgan fingerprint density at radius 2 is 1.65 bits per heavy atom. The van der Waals surface area contributed by atoms with Crippen molar-refractivity contribution < 1.29 is 4.79 Å². The van der Waals surface area contributed by atoms with E-state index in [0.717, 1.165) is 6.42 Å². The third-order valence-electron chi connectivity index (χ3n) is 5.60. The molecule has 0 saturated heterocycles. The van der Waals surface area contributed by atoms with Crippen molar-refractivity contribution in [1.82, 2.24) is 14.9 Å². The molecule has 1 N–H and O–H groups in total. The molecule has 3 aromatic carbocycles. The molecule has 0 unspecified atom stereocenters. The molecule has 156 valence electrons. The van der Waals surface area contributed by atoms with Gasteiger partial charge in [-0.15, -0.1) is 0 Å². The lowest BCUT2D eigenvalue weighted by atomic mass is 9.96. The van der Waals surface area contributed by atoms with Gasteiger partial charge in [-0.25, -0.2) is 4.98 Å². The molecule has 4 rings (SSSR count). The molecule has 5 nitrogen and oxygen atoms in total. The van der Waals surface area contributed by atoms with Gasteiger partial charge < -0.3 is 5.32 Å². The Morgan fingerprint density at radius 3 is 2.35 bits per heavy atom. The Morgan fingerprint density at radius 1 is 0.968 bits per heavy atom. The van der Waals surface area contributed by atoms with Crippen LogP contribution in [0.3, 0.4) is 0 Å². The molecular weight excluding hydrogens is 386 g/mol. The number of para-hydroxylation sites is 1. The number of aryl methyl sites for hydroxylation is 1. The van der Waals surface area contributed by atoms with Crippen LogP contribution in [-0.2, 0) is 0 Å². The third kappa shape index (κ3) is 4.26. The van der Waals surface area contributed by atoms with Gasteiger partial charge in [-0.1, -0.05) is 49.4 Å². The van der Waals surface area contributed by atoms with Gasteiger partial charge in [-0.05, 0) is 55.3 Å². The molecule has 0 spiro atoms. The molecule has 1 aromatic heterocycles. The average molecular weight is 412 g/mol. The topological polar surface area (TPSA) is 64.0 Å². The van der Waals surface area contributed by atoms with E-state index in [4.69, 9.17) is 0 Å². The van der Waals surface area contributed by atoms with E-state index in [2.05, 4.69) is 29.4 Å². The van der Waals surface area contributed by atoms with Gasteiger partial charge in [0.2, 0.25) is 0 Å². The van der Waals surface area contributed by atoms with Crippen LogP contribution in [-0.4, -0.2) is 22.0 Å². The van der Waals surface area contributed by atoms with Crippen LogP contribution in [0.2, 0.25) is 0 Å². The van der Waals surface area contributed by atoms with Crippen LogP contribution in [0.1, 0.15) is 41.0 Å². The minimum Gasteiger partial charge on any atom is -0.351 e. The number of carbonyl (C=O) groups excluding carboxylic acids is 1. The van der Waals surface area contributed by atoms with Crippen molar-refractivity contribution in [2.45, 2.75) is 26.2 Å². The number of benzene rings is 3. The summed E-state index contributed by atoms with van der Waals surface area (Å²) in [4.78, 5) is 30.2. The molecule has 5 heteroatoms. The molecule has 0 fully saturated rings. The van der Waals surface area contributed by atoms with Gasteiger partial charge in [0.05, 0.1) is 16.6 Å². The molecule has 1 amide bonds. The quantitative estimate of drug-likeness (QED) is 0.504. The van der Waals surface area contributed by atoms with Gasteiger partial charge in [0.1, 0.15) is 5.82 Å². The monoisotopic (exact) mass is 411 g/mol. The Balaban J connectivity index is 1.53. The summed E-state index contributed by atoms with van der Waals surface area (Å²) in [5, 5.41) is 3.61. The lowest BCUT2D eigenvalue weighted by molar-refractivity contribution is 0.0951. The number of hydrogen-bond donors (Lipinski definition) is 1. The van der Waals surface area contributed by atoms with Crippen LogP contribution in [0, 0.1) is 6.92 Å². The summed E-state index contributed by atoms with van der Waals surface area (Å²) in [6.07, 6.45) is 0.945. The van der Waals surface area contributed by atoms with E-state index in [1.54, 1.807) is 34.9 Å². The van der Waals surface area contributed by atoms with Crippen molar-refractivity contribution in [2.75, 3.05) is 6.54 Å². The number of nitrogens with zero attached hydrogens (tertiary/aromatic N) is 2. The normalized spacial score (nSPS) is 11.9. The summed E-state index contributed by atoms with van der Waals surface area (Å²) in [6.45, 7) is 4.51. The zero-order chi connectivity index (χ0) is 21.8. The molecular formula is C26H25N3O2. The van der Waals surface area contributed by atoms with E-state index in [1.165, 1.54) is 5.56 Å². The molecule has 0 bridgehead atoms. The predicted molar refractivity (Wildman–Crippen MR) is 124 cm³/mol. The zero-order valence-corrected chi connectivity index (χ0v) is 17.7. The third-order valence-corrected chi connectivity index (χ3v) is 5.60. The lowest BCUT2D eigenvalue weighted by Crippen LogP contribution is -2.28. The van der Waals surface area contributed by atoms with Crippen LogP contribution >= 0.6 is 0 Å². The second kappa shape index (κ2) is 8.96. The Labute approximate surface area is 181 Å². The van der Waals surface area contributed by atoms with Crippen molar-refractivity contribution in [1.29, 1.82) is 0 Å². The molecule has 0 aliphatic heterocycles. The average Bonchev–Trinajstić information content (AvgIpc) is 2.80. The maximum atomic E-state index is 13.0. The van der Waals surface area contributed by atoms with E-state index >= 15 is 0 Å². The molecule has 1 heterocycles. The van der Waals surface area contributed by atoms with Gasteiger partial charge in [0, 0.05) is 18.0 Å². The summed E-state index contributed by atoms with van der Waals surface area (Å²) in [5.41, 5.74) is 3.04. The fourth-order valence-corrected chi connectivity index (χ4v) is 3.85. The number of hydrogen-bond acceptors (Lipinski definition) is 3. The van der Waals surface area contributed by atoms with Crippen molar-refractivity contribution in [3.8, 4) is 5.69 Å². The van der Waals surface area contributed by atoms with E-state index in [1.807, 2.05) is 43.3 Å². The Hall–Kier alpha value is -3.73. The van der Waals surface area contributed by atoms with E-state index in [9.17, 15) is 9.59 Å². The number of fused-ring (bicyclic) bond motifs is 1. The second-order valence-electron chi connectivity index (χ2n) is 7.59. The first kappa shape index (κ1) is 20.5. The first-order valence-electron chi connectivity index (χ1n) is 10.5. The fraction of sp³-hybridized carbons (Fsp3) is 0.192. The van der Waals surface area contributed by atoms with Gasteiger partial charge in [-0.2, -0.15) is 0 Å². The highest BCUT2D eigenvalue weighted by atomic mass is 16.1. The van der Waals surface area contributed by atoms with Crippen LogP contribution in [0.15, 0.2) is 83.7 Å². The predicted octanol–water partition coefficient (Wildman–Crippen LogP) is 4.62. The van der Waals surface area contributed by atoms with Gasteiger partial charge in [-0.3, -0.25) is 14.2 Å². The second-order valence-corrected chi connectivity index (χ2v) is 7.59. The zero-order valence-electron chi connectivity index (χ0n) is 17.7. The smallest absolute Gasteiger partial charge is 0.265 e. The van der Waals surface area contributed by atoms with Gasteiger partial charge >= 0.3 is 0 Å². The highest BCUT2D eigenvalue weighted by Gasteiger charge is 2.13. The Kier molecular flexibility index (Phi) is 5.94. The van der Waals surface area contributed by atoms with E-state index < -0.39 is 0 Å². The number of rotatable bonds is 6. The SMILES string of the molecule is CC[C@@H](CNC(=O)c1ccc(-n2c(C)nc3ccccc3c2=O)cc1)c1ccccc1. The van der Waals surface area contributed by atoms with Crippen molar-refractivity contribution >= 4 is 16.8 Å². The highest BCUT2D eigenvalue weighted by Crippen LogP contribution is 2.18. The number of amides is 1. The maximum Gasteiger partial charge on any atom is 0.265 e. The first-order valence-corrected chi connectivity index (χ1v) is 10.5. The minimum atomic E-state index is -0.123. The molecule has 0 aliphatic rings. The van der Waals surface area contributed by atoms with Crippen molar-refractivity contribution in [3.63, 3.8) is 0 Å². The number of aromatic nitrogens is 2. The van der Waals surface area contributed by atoms with Crippen LogP contribution in [0.4, 0.5) is 0 Å². The molecule has 4 aromatic rings. The summed E-state index contributed by atoms with van der Waals surface area (Å²) in [6, 6.07) is 24.6. The van der Waals surface area contributed by atoms with E-state index in [0.29, 0.717) is 34.5 Å². The van der Waals surface area contributed by atoms with Gasteiger partial charge in [0.25, 0.3) is 11.5 Å². The van der Waals surface area contributed by atoms with Crippen molar-refractivity contribution in [2.24, 2.45) is 0 Å². The first-order chi connectivity index (χ1) is 15.1. The van der Waals surface area contributed by atoms with Gasteiger partial charge in [0.15, 0.2) is 0 Å². The molecule has 1 atom stereocenters. The summed E-state index contributed by atoms with van der Waals surface area (Å²) < 4.78 is 1.58. The van der Waals surface area contributed by atoms with Crippen LogP contribution in [0.5, 0.6) is 0 Å². The fourth-order valence-electron chi connectivity index (χ4n) is 3.85. The highest BCUT2D eigenvalue weighted by molar-refractivity contribution is 5.94. The Bertz CT molecular complexity index is 1260. The van der Waals surface area contributed by atoms with E-state index in [-0.39, 0.29) is 17.4 Å². The molecule has 0 saturated carbocycles. The molecule has 0 aliphatic carbocycles. The largest absolute Gasteiger partial charge is 0.351 e. The molecule has 31 heavy (non-hydrogen) atoms. The van der Waals surface area contributed by atoms with Crippen molar-refractivity contribution in [3.05, 3.63) is 106 Å². The summed E-state index contributed by atoms with van der Waals surface area (Å²) in [5.74, 6) is 0.755. The number of carbonyl (C=O) groups is 1. The maximum absolute atomic E-state index is 13.0.